The van der Waals surface area contributed by atoms with Crippen molar-refractivity contribution in [1.29, 1.82) is 0 Å². The summed E-state index contributed by atoms with van der Waals surface area (Å²) >= 11 is 0. The highest BCUT2D eigenvalue weighted by atomic mass is 19.4. The highest BCUT2D eigenvalue weighted by Crippen LogP contribution is 2.45. The number of fused-ring (bicyclic) bond motifs is 1. The first-order valence-electron chi connectivity index (χ1n) is 8.73. The van der Waals surface area contributed by atoms with Gasteiger partial charge >= 0.3 is 6.18 Å². The second kappa shape index (κ2) is 6.47. The lowest BCUT2D eigenvalue weighted by Gasteiger charge is -2.33. The predicted octanol–water partition coefficient (Wildman–Crippen LogP) is 3.84. The van der Waals surface area contributed by atoms with Crippen LogP contribution in [0.1, 0.15) is 35.8 Å². The molecule has 1 aromatic carbocycles. The molecule has 2 aromatic rings. The number of amides is 1. The number of halogens is 3. The Balaban J connectivity index is 1.57. The van der Waals surface area contributed by atoms with E-state index in [2.05, 4.69) is 15.7 Å². The normalized spacial score (nSPS) is 21.9. The van der Waals surface area contributed by atoms with Crippen LogP contribution in [-0.4, -0.2) is 35.0 Å². The number of ether oxygens (including phenoxy) is 1. The highest BCUT2D eigenvalue weighted by Gasteiger charge is 2.49. The molecule has 0 saturated heterocycles. The Bertz CT molecular complexity index is 843. The van der Waals surface area contributed by atoms with Gasteiger partial charge in [0.15, 0.2) is 11.7 Å². The number of rotatable bonds is 4. The van der Waals surface area contributed by atoms with Gasteiger partial charge in [-0.25, -0.2) is 4.68 Å². The molecule has 2 aliphatic rings. The number of benzene rings is 1. The second-order valence-corrected chi connectivity index (χ2v) is 6.92. The van der Waals surface area contributed by atoms with E-state index in [1.807, 2.05) is 0 Å². The minimum Gasteiger partial charge on any atom is -0.497 e. The number of aromatic nitrogens is 2. The van der Waals surface area contributed by atoms with Crippen molar-refractivity contribution < 1.29 is 22.7 Å². The van der Waals surface area contributed by atoms with E-state index >= 15 is 0 Å². The summed E-state index contributed by atoms with van der Waals surface area (Å²) in [7, 11) is 1.53. The molecule has 1 amide bonds. The standard InChI is InChI=1S/C18H19F3N4O2/c1-27-12-6-4-11(5-7-12)22-17(26)14-9-16-23-13(10-2-3-10)8-15(18(19,20)21)25(16)24-14/h4-7,9-10,13,15,23H,2-3,8H2,1H3,(H,22,26). The second-order valence-electron chi connectivity index (χ2n) is 6.92. The van der Waals surface area contributed by atoms with E-state index in [1.165, 1.54) is 13.2 Å². The SMILES string of the molecule is COc1ccc(NC(=O)c2cc3n(n2)C(C(F)(F)F)CC(C2CC2)N3)cc1. The molecular weight excluding hydrogens is 361 g/mol. The van der Waals surface area contributed by atoms with Crippen LogP contribution >= 0.6 is 0 Å². The first-order chi connectivity index (χ1) is 12.8. The minimum atomic E-state index is -4.42. The maximum atomic E-state index is 13.5. The third-order valence-electron chi connectivity index (χ3n) is 4.99. The largest absolute Gasteiger partial charge is 0.497 e. The van der Waals surface area contributed by atoms with Crippen LogP contribution in [0.15, 0.2) is 30.3 Å². The van der Waals surface area contributed by atoms with Crippen LogP contribution in [0.25, 0.3) is 0 Å². The molecular formula is C18H19F3N4O2. The summed E-state index contributed by atoms with van der Waals surface area (Å²) in [5, 5.41) is 9.70. The average Bonchev–Trinajstić information content (AvgIpc) is 3.39. The third kappa shape index (κ3) is 3.58. The molecule has 0 spiro atoms. The summed E-state index contributed by atoms with van der Waals surface area (Å²) in [5.41, 5.74) is 0.446. The molecule has 9 heteroatoms. The molecule has 2 heterocycles. The summed E-state index contributed by atoms with van der Waals surface area (Å²) in [6.07, 6.45) is -2.62. The van der Waals surface area contributed by atoms with Crippen molar-refractivity contribution >= 4 is 17.4 Å². The van der Waals surface area contributed by atoms with Crippen LogP contribution in [0, 0.1) is 5.92 Å². The molecule has 0 radical (unpaired) electrons. The quantitative estimate of drug-likeness (QED) is 0.846. The van der Waals surface area contributed by atoms with Crippen molar-refractivity contribution in [2.45, 2.75) is 37.5 Å². The first kappa shape index (κ1) is 17.7. The third-order valence-corrected chi connectivity index (χ3v) is 4.99. The summed E-state index contributed by atoms with van der Waals surface area (Å²) in [6.45, 7) is 0. The lowest BCUT2D eigenvalue weighted by molar-refractivity contribution is -0.174. The molecule has 2 unspecified atom stereocenters. The number of hydrogen-bond donors (Lipinski definition) is 2. The molecule has 27 heavy (non-hydrogen) atoms. The van der Waals surface area contributed by atoms with Crippen LogP contribution in [0.5, 0.6) is 5.75 Å². The van der Waals surface area contributed by atoms with Crippen LogP contribution in [-0.2, 0) is 0 Å². The van der Waals surface area contributed by atoms with Gasteiger partial charge in [-0.2, -0.15) is 18.3 Å². The van der Waals surface area contributed by atoms with Crippen LogP contribution in [0.2, 0.25) is 0 Å². The number of carbonyl (C=O) groups is 1. The number of anilines is 2. The number of methoxy groups -OCH3 is 1. The minimum absolute atomic E-state index is 0.0565. The van der Waals surface area contributed by atoms with Gasteiger partial charge in [-0.3, -0.25) is 4.79 Å². The van der Waals surface area contributed by atoms with Gasteiger partial charge in [0.1, 0.15) is 11.6 Å². The van der Waals surface area contributed by atoms with Gasteiger partial charge in [0.05, 0.1) is 7.11 Å². The van der Waals surface area contributed by atoms with Crippen molar-refractivity contribution in [3.05, 3.63) is 36.0 Å². The zero-order valence-electron chi connectivity index (χ0n) is 14.6. The fourth-order valence-electron chi connectivity index (χ4n) is 3.39. The Hall–Kier alpha value is -2.71. The Morgan fingerprint density at radius 1 is 1.30 bits per heavy atom. The Morgan fingerprint density at radius 3 is 2.59 bits per heavy atom. The summed E-state index contributed by atoms with van der Waals surface area (Å²) < 4.78 is 46.5. The van der Waals surface area contributed by atoms with Crippen molar-refractivity contribution in [3.8, 4) is 5.75 Å². The number of hydrogen-bond acceptors (Lipinski definition) is 4. The van der Waals surface area contributed by atoms with Crippen molar-refractivity contribution in [2.24, 2.45) is 5.92 Å². The van der Waals surface area contributed by atoms with E-state index in [1.54, 1.807) is 24.3 Å². The molecule has 144 valence electrons. The molecule has 1 fully saturated rings. The number of alkyl halides is 3. The van der Waals surface area contributed by atoms with E-state index in [9.17, 15) is 18.0 Å². The Labute approximate surface area is 153 Å². The molecule has 1 saturated carbocycles. The zero-order valence-corrected chi connectivity index (χ0v) is 14.6. The van der Waals surface area contributed by atoms with Gasteiger partial charge in [-0.15, -0.1) is 0 Å². The lowest BCUT2D eigenvalue weighted by Crippen LogP contribution is -2.40. The smallest absolute Gasteiger partial charge is 0.410 e. The van der Waals surface area contributed by atoms with E-state index in [0.717, 1.165) is 17.5 Å². The van der Waals surface area contributed by atoms with Crippen molar-refractivity contribution in [1.82, 2.24) is 9.78 Å². The average molecular weight is 380 g/mol. The van der Waals surface area contributed by atoms with Gasteiger partial charge in [0.25, 0.3) is 5.91 Å². The fraction of sp³-hybridized carbons (Fsp3) is 0.444. The number of carbonyl (C=O) groups excluding carboxylic acids is 1. The van der Waals surface area contributed by atoms with Crippen molar-refractivity contribution in [2.75, 3.05) is 17.7 Å². The maximum absolute atomic E-state index is 13.5. The van der Waals surface area contributed by atoms with E-state index in [4.69, 9.17) is 4.74 Å². The van der Waals surface area contributed by atoms with Gasteiger partial charge in [0, 0.05) is 17.8 Å². The highest BCUT2D eigenvalue weighted by molar-refractivity contribution is 6.03. The lowest BCUT2D eigenvalue weighted by atomic mass is 10.0. The fourth-order valence-corrected chi connectivity index (χ4v) is 3.39. The van der Waals surface area contributed by atoms with Gasteiger partial charge < -0.3 is 15.4 Å². The van der Waals surface area contributed by atoms with E-state index < -0.39 is 18.1 Å². The molecule has 1 aromatic heterocycles. The zero-order chi connectivity index (χ0) is 19.2. The summed E-state index contributed by atoms with van der Waals surface area (Å²) in [5.74, 6) is 0.567. The molecule has 2 N–H and O–H groups in total. The molecule has 1 aliphatic heterocycles. The molecule has 4 rings (SSSR count). The molecule has 2 atom stereocenters. The Kier molecular flexibility index (Phi) is 4.24. The van der Waals surface area contributed by atoms with Crippen LogP contribution < -0.4 is 15.4 Å². The van der Waals surface area contributed by atoms with Gasteiger partial charge in [-0.1, -0.05) is 0 Å². The summed E-state index contributed by atoms with van der Waals surface area (Å²) in [4.78, 5) is 12.4. The van der Waals surface area contributed by atoms with Crippen molar-refractivity contribution in [3.63, 3.8) is 0 Å². The van der Waals surface area contributed by atoms with Gasteiger partial charge in [0.2, 0.25) is 0 Å². The number of nitrogens with one attached hydrogen (secondary N) is 2. The number of nitrogens with zero attached hydrogens (tertiary/aromatic N) is 2. The maximum Gasteiger partial charge on any atom is 0.410 e. The summed E-state index contributed by atoms with van der Waals surface area (Å²) in [6, 6.07) is 6.07. The molecule has 6 nitrogen and oxygen atoms in total. The van der Waals surface area contributed by atoms with E-state index in [-0.39, 0.29) is 29.9 Å². The molecule has 1 aliphatic carbocycles. The van der Waals surface area contributed by atoms with Crippen LogP contribution in [0.4, 0.5) is 24.7 Å². The monoisotopic (exact) mass is 380 g/mol. The molecule has 0 bridgehead atoms. The van der Waals surface area contributed by atoms with E-state index in [0.29, 0.717) is 11.4 Å². The Morgan fingerprint density at radius 2 is 2.00 bits per heavy atom. The first-order valence-corrected chi connectivity index (χ1v) is 8.73. The predicted molar refractivity (Wildman–Crippen MR) is 93.0 cm³/mol. The topological polar surface area (TPSA) is 68.2 Å². The van der Waals surface area contributed by atoms with Gasteiger partial charge in [-0.05, 0) is 49.4 Å². The van der Waals surface area contributed by atoms with Crippen LogP contribution in [0.3, 0.4) is 0 Å².